The zero-order valence-electron chi connectivity index (χ0n) is 12.1. The molecule has 1 N–H and O–H groups in total. The van der Waals surface area contributed by atoms with Crippen molar-refractivity contribution in [2.75, 3.05) is 7.11 Å². The summed E-state index contributed by atoms with van der Waals surface area (Å²) in [7, 11) is 1.62. The lowest BCUT2D eigenvalue weighted by Crippen LogP contribution is -2.18. The van der Waals surface area contributed by atoms with E-state index in [1.54, 1.807) is 26.2 Å². The Labute approximate surface area is 124 Å². The fourth-order valence-corrected chi connectivity index (χ4v) is 1.97. The fraction of sp³-hybridized carbons (Fsp3) is 0.294. The number of hydrogen-bond donors (Lipinski definition) is 1. The Morgan fingerprint density at radius 1 is 1.05 bits per heavy atom. The first-order chi connectivity index (χ1) is 10.1. The number of rotatable bonds is 6. The maximum Gasteiger partial charge on any atom is 0.123 e. The minimum absolute atomic E-state index is 0.322. The lowest BCUT2D eigenvalue weighted by Gasteiger charge is -2.20. The first kappa shape index (κ1) is 15.5. The van der Waals surface area contributed by atoms with Gasteiger partial charge in [-0.15, -0.1) is 0 Å². The summed E-state index contributed by atoms with van der Waals surface area (Å²) in [6.45, 7) is 2.18. The first-order valence-electron chi connectivity index (χ1n) is 6.78. The Morgan fingerprint density at radius 2 is 1.67 bits per heavy atom. The number of benzene rings is 2. The summed E-state index contributed by atoms with van der Waals surface area (Å²) in [5, 5.41) is 10.2. The van der Waals surface area contributed by atoms with Crippen molar-refractivity contribution in [2.24, 2.45) is 0 Å². The molecule has 0 aliphatic heterocycles. The predicted molar refractivity (Wildman–Crippen MR) is 78.6 cm³/mol. The van der Waals surface area contributed by atoms with Gasteiger partial charge >= 0.3 is 0 Å². The molecule has 0 saturated carbocycles. The van der Waals surface area contributed by atoms with E-state index in [9.17, 15) is 9.50 Å². The first-order valence-corrected chi connectivity index (χ1v) is 6.78. The van der Waals surface area contributed by atoms with E-state index in [1.165, 1.54) is 12.1 Å². The molecule has 2 aromatic rings. The molecule has 0 bridgehead atoms. The number of aliphatic hydroxyl groups excluding tert-OH is 1. The quantitative estimate of drug-likeness (QED) is 0.885. The number of methoxy groups -OCH3 is 1. The lowest BCUT2D eigenvalue weighted by atomic mass is 10.1. The van der Waals surface area contributed by atoms with Gasteiger partial charge in [-0.1, -0.05) is 24.3 Å². The van der Waals surface area contributed by atoms with E-state index in [0.29, 0.717) is 12.2 Å². The highest BCUT2D eigenvalue weighted by Crippen LogP contribution is 2.21. The summed E-state index contributed by atoms with van der Waals surface area (Å²) in [5.74, 6) is 0.468. The lowest BCUT2D eigenvalue weighted by molar-refractivity contribution is -0.0364. The highest BCUT2D eigenvalue weighted by Gasteiger charge is 2.17. The second kappa shape index (κ2) is 7.20. The van der Waals surface area contributed by atoms with Gasteiger partial charge in [0.1, 0.15) is 17.7 Å². The summed E-state index contributed by atoms with van der Waals surface area (Å²) < 4.78 is 23.6. The number of aliphatic hydroxyl groups is 1. The zero-order chi connectivity index (χ0) is 15.2. The van der Waals surface area contributed by atoms with Crippen LogP contribution in [0.2, 0.25) is 0 Å². The van der Waals surface area contributed by atoms with Crippen molar-refractivity contribution in [2.45, 2.75) is 25.7 Å². The molecule has 2 atom stereocenters. The molecule has 0 amide bonds. The Hall–Kier alpha value is -1.91. The zero-order valence-corrected chi connectivity index (χ0v) is 12.1. The molecular formula is C17H19FO3. The van der Waals surface area contributed by atoms with Crippen molar-refractivity contribution in [3.05, 3.63) is 65.5 Å². The minimum Gasteiger partial charge on any atom is -0.497 e. The van der Waals surface area contributed by atoms with Gasteiger partial charge in [-0.25, -0.2) is 4.39 Å². The van der Waals surface area contributed by atoms with Gasteiger partial charge in [0, 0.05) is 0 Å². The van der Waals surface area contributed by atoms with Crippen LogP contribution >= 0.6 is 0 Å². The van der Waals surface area contributed by atoms with Gasteiger partial charge in [0.05, 0.1) is 19.8 Å². The van der Waals surface area contributed by atoms with Gasteiger partial charge in [0.25, 0.3) is 0 Å². The maximum atomic E-state index is 12.9. The molecule has 0 heterocycles. The highest BCUT2D eigenvalue weighted by atomic mass is 19.1. The van der Waals surface area contributed by atoms with Crippen LogP contribution in [0.15, 0.2) is 48.5 Å². The largest absolute Gasteiger partial charge is 0.497 e. The Kier molecular flexibility index (Phi) is 5.31. The van der Waals surface area contributed by atoms with Crippen LogP contribution in [0.25, 0.3) is 0 Å². The normalized spacial score (nSPS) is 13.7. The van der Waals surface area contributed by atoms with E-state index in [-0.39, 0.29) is 5.82 Å². The third-order valence-corrected chi connectivity index (χ3v) is 3.33. The third kappa shape index (κ3) is 4.28. The van der Waals surface area contributed by atoms with Crippen LogP contribution < -0.4 is 4.74 Å². The topological polar surface area (TPSA) is 38.7 Å². The fourth-order valence-electron chi connectivity index (χ4n) is 1.97. The molecule has 0 radical (unpaired) electrons. The summed E-state index contributed by atoms with van der Waals surface area (Å²) in [4.78, 5) is 0. The van der Waals surface area contributed by atoms with Crippen LogP contribution in [-0.2, 0) is 11.3 Å². The van der Waals surface area contributed by atoms with Gasteiger partial charge in [-0.3, -0.25) is 0 Å². The predicted octanol–water partition coefficient (Wildman–Crippen LogP) is 3.47. The van der Waals surface area contributed by atoms with E-state index in [0.717, 1.165) is 11.3 Å². The third-order valence-electron chi connectivity index (χ3n) is 3.33. The van der Waals surface area contributed by atoms with Crippen LogP contribution in [0, 0.1) is 5.82 Å². The van der Waals surface area contributed by atoms with Gasteiger partial charge in [0.15, 0.2) is 0 Å². The molecule has 4 heteroatoms. The average molecular weight is 290 g/mol. The monoisotopic (exact) mass is 290 g/mol. The summed E-state index contributed by atoms with van der Waals surface area (Å²) in [6.07, 6.45) is -1.18. The van der Waals surface area contributed by atoms with Crippen LogP contribution in [-0.4, -0.2) is 18.3 Å². The van der Waals surface area contributed by atoms with E-state index in [2.05, 4.69) is 0 Å². The van der Waals surface area contributed by atoms with Crippen LogP contribution in [0.1, 0.15) is 24.2 Å². The molecule has 0 aliphatic rings. The molecule has 2 rings (SSSR count). The van der Waals surface area contributed by atoms with Gasteiger partial charge in [-0.05, 0) is 42.3 Å². The summed E-state index contributed by atoms with van der Waals surface area (Å²) in [6, 6.07) is 13.3. The van der Waals surface area contributed by atoms with Crippen molar-refractivity contribution in [1.29, 1.82) is 0 Å². The molecular weight excluding hydrogens is 271 g/mol. The van der Waals surface area contributed by atoms with E-state index >= 15 is 0 Å². The molecule has 0 saturated heterocycles. The Morgan fingerprint density at radius 3 is 2.24 bits per heavy atom. The molecule has 0 spiro atoms. The minimum atomic E-state index is -0.788. The molecule has 21 heavy (non-hydrogen) atoms. The maximum absolute atomic E-state index is 12.9. The van der Waals surface area contributed by atoms with Gasteiger partial charge < -0.3 is 14.6 Å². The van der Waals surface area contributed by atoms with Crippen LogP contribution in [0.3, 0.4) is 0 Å². The van der Waals surface area contributed by atoms with Crippen LogP contribution in [0.5, 0.6) is 5.75 Å². The van der Waals surface area contributed by atoms with E-state index < -0.39 is 12.2 Å². The Balaban J connectivity index is 1.91. The second-order valence-electron chi connectivity index (χ2n) is 4.86. The number of hydrogen-bond acceptors (Lipinski definition) is 3. The van der Waals surface area contributed by atoms with Gasteiger partial charge in [-0.2, -0.15) is 0 Å². The second-order valence-corrected chi connectivity index (χ2v) is 4.86. The molecule has 2 aromatic carbocycles. The summed E-state index contributed by atoms with van der Waals surface area (Å²) >= 11 is 0. The molecule has 0 aromatic heterocycles. The summed E-state index contributed by atoms with van der Waals surface area (Å²) in [5.41, 5.74) is 1.63. The molecule has 0 aliphatic carbocycles. The average Bonchev–Trinajstić information content (AvgIpc) is 2.53. The smallest absolute Gasteiger partial charge is 0.123 e. The number of halogens is 1. The standard InChI is InChI=1S/C17H19FO3/c1-12(17(19)14-5-7-15(18)8-6-14)21-11-13-3-9-16(20-2)10-4-13/h3-10,12,17,19H,11H2,1-2H3/t12-,17-/m0/s1. The molecule has 0 unspecified atom stereocenters. The number of ether oxygens (including phenoxy) is 2. The van der Waals surface area contributed by atoms with Crippen molar-refractivity contribution in [1.82, 2.24) is 0 Å². The van der Waals surface area contributed by atoms with E-state index in [1.807, 2.05) is 24.3 Å². The molecule has 3 nitrogen and oxygen atoms in total. The van der Waals surface area contributed by atoms with Crippen LogP contribution in [0.4, 0.5) is 4.39 Å². The Bertz CT molecular complexity index is 551. The van der Waals surface area contributed by atoms with Crippen molar-refractivity contribution < 1.29 is 19.0 Å². The van der Waals surface area contributed by atoms with Gasteiger partial charge in [0.2, 0.25) is 0 Å². The molecule has 112 valence electrons. The highest BCUT2D eigenvalue weighted by molar-refractivity contribution is 5.26. The van der Waals surface area contributed by atoms with Crippen molar-refractivity contribution in [3.63, 3.8) is 0 Å². The SMILES string of the molecule is COc1ccc(CO[C@@H](C)[C@H](O)c2ccc(F)cc2)cc1. The molecule has 0 fully saturated rings. The van der Waals surface area contributed by atoms with Crippen molar-refractivity contribution >= 4 is 0 Å². The van der Waals surface area contributed by atoms with Crippen molar-refractivity contribution in [3.8, 4) is 5.75 Å². The van der Waals surface area contributed by atoms with E-state index in [4.69, 9.17) is 9.47 Å².